The molecule has 6 unspecified atom stereocenters. The van der Waals surface area contributed by atoms with Crippen molar-refractivity contribution in [3.8, 4) is 0 Å². The van der Waals surface area contributed by atoms with Crippen LogP contribution in [0, 0.1) is 34.5 Å². The first-order valence-corrected chi connectivity index (χ1v) is 10.3. The highest BCUT2D eigenvalue weighted by molar-refractivity contribution is 5.80. The molecule has 4 rings (SSSR count). The maximum Gasteiger partial charge on any atom is 0.309 e. The molecule has 2 saturated carbocycles. The van der Waals surface area contributed by atoms with E-state index in [2.05, 4.69) is 20.8 Å². The molecule has 3 aliphatic carbocycles. The molecule has 3 fully saturated rings. The smallest absolute Gasteiger partial charge is 0.309 e. The molecule has 0 spiro atoms. The summed E-state index contributed by atoms with van der Waals surface area (Å²) >= 11 is 0. The van der Waals surface area contributed by atoms with Gasteiger partial charge in [-0.3, -0.25) is 9.59 Å². The van der Waals surface area contributed by atoms with E-state index in [1.165, 1.54) is 24.8 Å². The summed E-state index contributed by atoms with van der Waals surface area (Å²) in [6, 6.07) is 0. The molecule has 4 nitrogen and oxygen atoms in total. The second-order valence-corrected chi connectivity index (χ2v) is 9.78. The second kappa shape index (κ2) is 5.84. The first kappa shape index (κ1) is 18.1. The van der Waals surface area contributed by atoms with E-state index in [0.717, 1.165) is 32.1 Å². The van der Waals surface area contributed by atoms with E-state index in [-0.39, 0.29) is 28.6 Å². The molecule has 0 N–H and O–H groups in total. The molecule has 4 heteroatoms. The normalized spacial score (nSPS) is 45.1. The van der Waals surface area contributed by atoms with Crippen LogP contribution in [0.15, 0.2) is 11.3 Å². The summed E-state index contributed by atoms with van der Waals surface area (Å²) in [5.41, 5.74) is 2.90. The molecule has 1 amide bonds. The number of rotatable bonds is 1. The predicted octanol–water partition coefficient (Wildman–Crippen LogP) is 4.15. The number of hydrogen-bond donors (Lipinski definition) is 0. The van der Waals surface area contributed by atoms with E-state index in [4.69, 9.17) is 4.74 Å². The molecule has 0 radical (unpaired) electrons. The zero-order valence-electron chi connectivity index (χ0n) is 16.9. The van der Waals surface area contributed by atoms with Crippen molar-refractivity contribution < 1.29 is 14.3 Å². The molecular weight excluding hydrogens is 326 g/mol. The zero-order valence-corrected chi connectivity index (χ0v) is 16.9. The summed E-state index contributed by atoms with van der Waals surface area (Å²) in [5, 5.41) is 0. The van der Waals surface area contributed by atoms with Crippen molar-refractivity contribution in [1.82, 2.24) is 4.90 Å². The van der Waals surface area contributed by atoms with Crippen molar-refractivity contribution in [3.63, 3.8) is 0 Å². The Morgan fingerprint density at radius 1 is 1.15 bits per heavy atom. The third-order valence-electron chi connectivity index (χ3n) is 8.80. The fourth-order valence-electron chi connectivity index (χ4n) is 7.64. The highest BCUT2D eigenvalue weighted by atomic mass is 16.5. The van der Waals surface area contributed by atoms with Crippen LogP contribution in [0.2, 0.25) is 0 Å². The van der Waals surface area contributed by atoms with Crippen molar-refractivity contribution in [2.24, 2.45) is 34.5 Å². The first-order valence-electron chi connectivity index (χ1n) is 10.3. The van der Waals surface area contributed by atoms with Gasteiger partial charge < -0.3 is 9.64 Å². The van der Waals surface area contributed by atoms with Gasteiger partial charge in [-0.2, -0.15) is 0 Å². The van der Waals surface area contributed by atoms with Gasteiger partial charge >= 0.3 is 5.97 Å². The zero-order chi connectivity index (χ0) is 18.9. The van der Waals surface area contributed by atoms with E-state index in [1.54, 1.807) is 0 Å². The number of nitrogens with zero attached hydrogens (tertiary/aromatic N) is 1. The van der Waals surface area contributed by atoms with Crippen LogP contribution in [0.3, 0.4) is 0 Å². The van der Waals surface area contributed by atoms with Gasteiger partial charge in [0.05, 0.1) is 13.0 Å². The lowest BCUT2D eigenvalue weighted by atomic mass is 9.48. The number of piperidine rings is 1. The molecule has 0 aromatic carbocycles. The summed E-state index contributed by atoms with van der Waals surface area (Å²) in [4.78, 5) is 26.7. The van der Waals surface area contributed by atoms with Crippen molar-refractivity contribution in [2.75, 3.05) is 14.2 Å². The summed E-state index contributed by atoms with van der Waals surface area (Å²) in [6.07, 6.45) is 7.13. The minimum atomic E-state index is -0.00794. The Hall–Kier alpha value is -1.32. The molecule has 0 aromatic heterocycles. The minimum absolute atomic E-state index is 0.00794. The quantitative estimate of drug-likeness (QED) is 0.661. The minimum Gasteiger partial charge on any atom is -0.469 e. The predicted molar refractivity (Wildman–Crippen MR) is 100.0 cm³/mol. The molecule has 0 aromatic rings. The van der Waals surface area contributed by atoms with E-state index in [1.807, 2.05) is 11.9 Å². The van der Waals surface area contributed by atoms with Crippen molar-refractivity contribution in [1.29, 1.82) is 0 Å². The lowest BCUT2D eigenvalue weighted by Crippen LogP contribution is -2.54. The average Bonchev–Trinajstić information content (AvgIpc) is 2.95. The highest BCUT2D eigenvalue weighted by Crippen LogP contribution is 2.66. The van der Waals surface area contributed by atoms with Crippen LogP contribution in [0.25, 0.3) is 0 Å². The van der Waals surface area contributed by atoms with Crippen LogP contribution in [0.5, 0.6) is 0 Å². The molecule has 144 valence electrons. The number of fused-ring (bicyclic) bond motifs is 5. The van der Waals surface area contributed by atoms with Crippen LogP contribution in [-0.2, 0) is 14.3 Å². The first-order chi connectivity index (χ1) is 12.2. The molecule has 6 atom stereocenters. The number of ether oxygens (including phenoxy) is 1. The van der Waals surface area contributed by atoms with E-state index < -0.39 is 0 Å². The van der Waals surface area contributed by atoms with Crippen LogP contribution in [0.1, 0.15) is 65.7 Å². The van der Waals surface area contributed by atoms with Crippen molar-refractivity contribution >= 4 is 11.9 Å². The number of likely N-dealkylation sites (tertiary alicyclic amines) is 1. The lowest BCUT2D eigenvalue weighted by molar-refractivity contribution is -0.153. The standard InChI is InChI=1S/C22H33NO3/c1-13-12-14-15-6-7-17(20(25)26-5)21(15,2)10-8-16(14)22(3)11-9-18(24)23(4)19(13)22/h14-17H,6-12H2,1-5H3. The van der Waals surface area contributed by atoms with Gasteiger partial charge in [0.1, 0.15) is 0 Å². The fourth-order valence-corrected chi connectivity index (χ4v) is 7.64. The number of allylic oxidation sites excluding steroid dienone is 2. The Kier molecular flexibility index (Phi) is 4.06. The SMILES string of the molecule is COC(=O)C1CCC2C3CC(C)=C4N(C)C(=O)CCC4(C)C3CCC12C. The molecular formula is C22H33NO3. The van der Waals surface area contributed by atoms with E-state index in [9.17, 15) is 9.59 Å². The summed E-state index contributed by atoms with van der Waals surface area (Å²) in [7, 11) is 3.50. The number of carbonyl (C=O) groups excluding carboxylic acids is 2. The van der Waals surface area contributed by atoms with Crippen LogP contribution < -0.4 is 0 Å². The molecule has 0 bridgehead atoms. The third-order valence-corrected chi connectivity index (χ3v) is 8.80. The highest BCUT2D eigenvalue weighted by Gasteiger charge is 2.61. The Balaban J connectivity index is 1.72. The van der Waals surface area contributed by atoms with E-state index >= 15 is 0 Å². The number of carbonyl (C=O) groups is 2. The Labute approximate surface area is 157 Å². The largest absolute Gasteiger partial charge is 0.469 e. The van der Waals surface area contributed by atoms with Gasteiger partial charge in [-0.05, 0) is 68.6 Å². The summed E-state index contributed by atoms with van der Waals surface area (Å²) < 4.78 is 5.14. The fraction of sp³-hybridized carbons (Fsp3) is 0.818. The van der Waals surface area contributed by atoms with Gasteiger partial charge in [0.2, 0.25) is 5.91 Å². The number of esters is 1. The van der Waals surface area contributed by atoms with Gasteiger partial charge in [-0.1, -0.05) is 19.4 Å². The van der Waals surface area contributed by atoms with Crippen LogP contribution in [-0.4, -0.2) is 30.9 Å². The average molecular weight is 360 g/mol. The Morgan fingerprint density at radius 2 is 1.88 bits per heavy atom. The van der Waals surface area contributed by atoms with E-state index in [0.29, 0.717) is 24.2 Å². The third kappa shape index (κ3) is 2.20. The summed E-state index contributed by atoms with van der Waals surface area (Å²) in [5.74, 6) is 2.19. The summed E-state index contributed by atoms with van der Waals surface area (Å²) in [6.45, 7) is 6.98. The van der Waals surface area contributed by atoms with Crippen molar-refractivity contribution in [2.45, 2.75) is 65.7 Å². The monoisotopic (exact) mass is 359 g/mol. The number of methoxy groups -OCH3 is 1. The van der Waals surface area contributed by atoms with Gasteiger partial charge in [-0.25, -0.2) is 0 Å². The molecule has 1 heterocycles. The molecule has 1 aliphatic heterocycles. The molecule has 1 saturated heterocycles. The number of hydrogen-bond acceptors (Lipinski definition) is 3. The maximum absolute atomic E-state index is 12.4. The van der Waals surface area contributed by atoms with Crippen LogP contribution in [0.4, 0.5) is 0 Å². The maximum atomic E-state index is 12.4. The Bertz CT molecular complexity index is 683. The molecule has 26 heavy (non-hydrogen) atoms. The van der Waals surface area contributed by atoms with Crippen LogP contribution >= 0.6 is 0 Å². The van der Waals surface area contributed by atoms with Crippen molar-refractivity contribution in [3.05, 3.63) is 11.3 Å². The molecule has 4 aliphatic rings. The Morgan fingerprint density at radius 3 is 2.58 bits per heavy atom. The number of amides is 1. The van der Waals surface area contributed by atoms with Gasteiger partial charge in [0.25, 0.3) is 0 Å². The second-order valence-electron chi connectivity index (χ2n) is 9.78. The topological polar surface area (TPSA) is 46.6 Å². The lowest BCUT2D eigenvalue weighted by Gasteiger charge is -2.59. The van der Waals surface area contributed by atoms with Gasteiger partial charge in [-0.15, -0.1) is 0 Å². The van der Waals surface area contributed by atoms with Gasteiger partial charge in [0, 0.05) is 24.6 Å². The van der Waals surface area contributed by atoms with Gasteiger partial charge in [0.15, 0.2) is 0 Å².